The molecule has 2 aromatic rings. The van der Waals surface area contributed by atoms with Crippen LogP contribution in [0.4, 0.5) is 4.39 Å². The Labute approximate surface area is 180 Å². The third-order valence-corrected chi connectivity index (χ3v) is 5.82. The second-order valence-electron chi connectivity index (χ2n) is 6.77. The number of carbonyl (C=O) groups excluding carboxylic acids is 2. The summed E-state index contributed by atoms with van der Waals surface area (Å²) in [5, 5.41) is 3.11. The highest BCUT2D eigenvalue weighted by Crippen LogP contribution is 2.24. The molecule has 0 unspecified atom stereocenters. The maximum absolute atomic E-state index is 13.9. The summed E-state index contributed by atoms with van der Waals surface area (Å²) in [5.41, 5.74) is 2.46. The number of halogens is 2. The van der Waals surface area contributed by atoms with Crippen LogP contribution in [0.5, 0.6) is 0 Å². The van der Waals surface area contributed by atoms with Crippen molar-refractivity contribution in [2.45, 2.75) is 39.1 Å². The fraction of sp³-hybridized carbons (Fsp3) is 0.364. The second kappa shape index (κ2) is 11.2. The smallest absolute Gasteiger partial charge is 0.242 e. The van der Waals surface area contributed by atoms with Crippen molar-refractivity contribution in [3.05, 3.63) is 70.0 Å². The second-order valence-corrected chi connectivity index (χ2v) is 8.16. The van der Waals surface area contributed by atoms with Crippen molar-refractivity contribution in [3.8, 4) is 0 Å². The summed E-state index contributed by atoms with van der Waals surface area (Å²) < 4.78 is 13.9. The van der Waals surface area contributed by atoms with Crippen LogP contribution in [0.25, 0.3) is 0 Å². The highest BCUT2D eigenvalue weighted by Gasteiger charge is 2.25. The summed E-state index contributed by atoms with van der Waals surface area (Å²) in [4.78, 5) is 26.8. The lowest BCUT2D eigenvalue weighted by atomic mass is 10.1. The average Bonchev–Trinajstić information content (AvgIpc) is 2.69. The van der Waals surface area contributed by atoms with E-state index in [0.717, 1.165) is 11.1 Å². The number of nitrogens with one attached hydrogen (secondary N) is 1. The van der Waals surface area contributed by atoms with Gasteiger partial charge >= 0.3 is 0 Å². The molecular weight excluding hydrogens is 411 g/mol. The van der Waals surface area contributed by atoms with Gasteiger partial charge in [-0.2, -0.15) is 0 Å². The molecule has 0 bridgehead atoms. The minimum atomic E-state index is -0.610. The Hall–Kier alpha value is -2.05. The number of aryl methyl sites for hydroxylation is 1. The summed E-state index contributed by atoms with van der Waals surface area (Å²) in [5.74, 6) is -0.354. The molecule has 29 heavy (non-hydrogen) atoms. The first kappa shape index (κ1) is 23.2. The summed E-state index contributed by atoms with van der Waals surface area (Å²) in [6.07, 6.45) is 0. The zero-order valence-electron chi connectivity index (χ0n) is 16.9. The number of nitrogens with zero attached hydrogens (tertiary/aromatic N) is 1. The fourth-order valence-corrected chi connectivity index (χ4v) is 4.04. The number of likely N-dealkylation sites (N-methyl/N-ethyl adjacent to an activating group) is 1. The highest BCUT2D eigenvalue weighted by atomic mass is 35.5. The largest absolute Gasteiger partial charge is 0.355 e. The van der Waals surface area contributed by atoms with Gasteiger partial charge in [0.2, 0.25) is 11.8 Å². The van der Waals surface area contributed by atoms with Crippen molar-refractivity contribution in [3.63, 3.8) is 0 Å². The zero-order valence-corrected chi connectivity index (χ0v) is 18.4. The van der Waals surface area contributed by atoms with Gasteiger partial charge in [-0.25, -0.2) is 4.39 Å². The summed E-state index contributed by atoms with van der Waals surface area (Å²) >= 11 is 7.33. The minimum absolute atomic E-state index is 0.125. The van der Waals surface area contributed by atoms with E-state index in [2.05, 4.69) is 5.32 Å². The van der Waals surface area contributed by atoms with Gasteiger partial charge in [-0.1, -0.05) is 47.5 Å². The van der Waals surface area contributed by atoms with Crippen LogP contribution in [0.1, 0.15) is 30.5 Å². The Morgan fingerprint density at radius 1 is 1.21 bits per heavy atom. The lowest BCUT2D eigenvalue weighted by molar-refractivity contribution is -0.138. The van der Waals surface area contributed by atoms with Crippen LogP contribution in [0.2, 0.25) is 5.02 Å². The first-order chi connectivity index (χ1) is 13.8. The predicted molar refractivity (Wildman–Crippen MR) is 117 cm³/mol. The van der Waals surface area contributed by atoms with Crippen molar-refractivity contribution >= 4 is 35.2 Å². The number of amides is 2. The number of carbonyl (C=O) groups is 2. The quantitative estimate of drug-likeness (QED) is 0.626. The average molecular weight is 437 g/mol. The molecule has 4 nitrogen and oxygen atoms in total. The van der Waals surface area contributed by atoms with E-state index in [9.17, 15) is 14.0 Å². The Bertz CT molecular complexity index is 825. The lowest BCUT2D eigenvalue weighted by Crippen LogP contribution is -2.48. The van der Waals surface area contributed by atoms with Crippen molar-refractivity contribution in [1.29, 1.82) is 0 Å². The Morgan fingerprint density at radius 2 is 1.90 bits per heavy atom. The fourth-order valence-electron chi connectivity index (χ4n) is 2.79. The van der Waals surface area contributed by atoms with Crippen molar-refractivity contribution in [1.82, 2.24) is 10.2 Å². The van der Waals surface area contributed by atoms with Gasteiger partial charge in [-0.3, -0.25) is 9.59 Å². The minimum Gasteiger partial charge on any atom is -0.355 e. The van der Waals surface area contributed by atoms with E-state index in [-0.39, 0.29) is 29.1 Å². The van der Waals surface area contributed by atoms with Gasteiger partial charge in [-0.05, 0) is 38.5 Å². The first-order valence-electron chi connectivity index (χ1n) is 9.46. The molecule has 156 valence electrons. The Balaban J connectivity index is 2.08. The molecule has 1 atom stereocenters. The molecule has 0 aliphatic carbocycles. The maximum Gasteiger partial charge on any atom is 0.242 e. The summed E-state index contributed by atoms with van der Waals surface area (Å²) in [6.45, 7) is 6.38. The molecule has 2 amide bonds. The number of thioether (sulfide) groups is 1. The maximum atomic E-state index is 13.9. The van der Waals surface area contributed by atoms with Crippen LogP contribution in [-0.4, -0.2) is 35.1 Å². The first-order valence-corrected chi connectivity index (χ1v) is 11.0. The molecule has 0 saturated carbocycles. The van der Waals surface area contributed by atoms with Crippen LogP contribution < -0.4 is 5.32 Å². The molecule has 0 radical (unpaired) electrons. The van der Waals surface area contributed by atoms with Crippen molar-refractivity contribution in [2.24, 2.45) is 0 Å². The molecular formula is C22H26ClFN2O2S. The van der Waals surface area contributed by atoms with Crippen molar-refractivity contribution < 1.29 is 14.0 Å². The van der Waals surface area contributed by atoms with E-state index in [4.69, 9.17) is 11.6 Å². The number of hydrogen-bond acceptors (Lipinski definition) is 3. The van der Waals surface area contributed by atoms with E-state index in [1.807, 2.05) is 38.1 Å². The third-order valence-electron chi connectivity index (χ3n) is 4.53. The van der Waals surface area contributed by atoms with E-state index < -0.39 is 6.04 Å². The third kappa shape index (κ3) is 6.75. The zero-order chi connectivity index (χ0) is 21.4. The SMILES string of the molecule is CCNC(=O)[C@@H](C)N(Cc1ccc(C)cc1)C(=O)CSCc1c(F)cccc1Cl. The molecule has 1 N–H and O–H groups in total. The van der Waals surface area contributed by atoms with Crippen LogP contribution >= 0.6 is 23.4 Å². The van der Waals surface area contributed by atoms with Crippen LogP contribution in [0.3, 0.4) is 0 Å². The molecule has 0 aliphatic rings. The number of benzene rings is 2. The standard InChI is InChI=1S/C22H26ClFN2O2S/c1-4-25-22(28)16(3)26(12-17-10-8-15(2)9-11-17)21(27)14-29-13-18-19(23)6-5-7-20(18)24/h5-11,16H,4,12-14H2,1-3H3,(H,25,28)/t16-/m1/s1. The highest BCUT2D eigenvalue weighted by molar-refractivity contribution is 7.99. The molecule has 2 rings (SSSR count). The number of hydrogen-bond donors (Lipinski definition) is 1. The van der Waals surface area contributed by atoms with Gasteiger partial charge in [-0.15, -0.1) is 11.8 Å². The molecule has 2 aromatic carbocycles. The van der Waals surface area contributed by atoms with Gasteiger partial charge in [0.15, 0.2) is 0 Å². The van der Waals surface area contributed by atoms with E-state index in [1.54, 1.807) is 24.0 Å². The molecule has 0 saturated heterocycles. The topological polar surface area (TPSA) is 49.4 Å². The summed E-state index contributed by atoms with van der Waals surface area (Å²) in [7, 11) is 0. The molecule has 0 spiro atoms. The molecule has 0 aromatic heterocycles. The Morgan fingerprint density at radius 3 is 2.52 bits per heavy atom. The normalized spacial score (nSPS) is 11.8. The summed E-state index contributed by atoms with van der Waals surface area (Å²) in [6, 6.07) is 11.8. The predicted octanol–water partition coefficient (Wildman–Crippen LogP) is 4.57. The van der Waals surface area contributed by atoms with E-state index >= 15 is 0 Å². The van der Waals surface area contributed by atoms with E-state index in [1.165, 1.54) is 17.8 Å². The van der Waals surface area contributed by atoms with Gasteiger partial charge in [0, 0.05) is 29.4 Å². The van der Waals surface area contributed by atoms with Crippen LogP contribution in [-0.2, 0) is 21.9 Å². The molecule has 7 heteroatoms. The van der Waals surface area contributed by atoms with Gasteiger partial charge < -0.3 is 10.2 Å². The van der Waals surface area contributed by atoms with Gasteiger partial charge in [0.25, 0.3) is 0 Å². The molecule has 0 heterocycles. The molecule has 0 aliphatic heterocycles. The number of rotatable bonds is 9. The van der Waals surface area contributed by atoms with Crippen molar-refractivity contribution in [2.75, 3.05) is 12.3 Å². The lowest BCUT2D eigenvalue weighted by Gasteiger charge is -2.28. The Kier molecular flexibility index (Phi) is 8.99. The monoisotopic (exact) mass is 436 g/mol. The van der Waals surface area contributed by atoms with Crippen LogP contribution in [0.15, 0.2) is 42.5 Å². The van der Waals surface area contributed by atoms with Gasteiger partial charge in [0.05, 0.1) is 5.75 Å². The molecule has 0 fully saturated rings. The van der Waals surface area contributed by atoms with Gasteiger partial charge in [0.1, 0.15) is 11.9 Å². The van der Waals surface area contributed by atoms with Crippen LogP contribution in [0, 0.1) is 12.7 Å². The van der Waals surface area contributed by atoms with E-state index in [0.29, 0.717) is 23.7 Å².